The standard InChI is InChI=1S/C21H23ClN4O3S/c1-14-3-4-15(2)19(11-14)30(28,29)26-9-7-25(8-10-26)13-20-23-18-6-5-16(22)12-17(18)21(27)24-20/h3-6,11-12H,7-10,13H2,1-2H3,(H,23,24,27). The Hall–Kier alpha value is -2.26. The Morgan fingerprint density at radius 2 is 1.80 bits per heavy atom. The molecular formula is C21H23ClN4O3S. The summed E-state index contributed by atoms with van der Waals surface area (Å²) in [4.78, 5) is 22.1. The van der Waals surface area contributed by atoms with Crippen LogP contribution < -0.4 is 5.56 Å². The molecule has 0 amide bonds. The smallest absolute Gasteiger partial charge is 0.258 e. The zero-order chi connectivity index (χ0) is 21.5. The molecule has 0 spiro atoms. The molecule has 0 aliphatic carbocycles. The van der Waals surface area contributed by atoms with Crippen LogP contribution in [0.4, 0.5) is 0 Å². The molecule has 1 aliphatic rings. The van der Waals surface area contributed by atoms with Gasteiger partial charge in [0.05, 0.1) is 22.3 Å². The van der Waals surface area contributed by atoms with Gasteiger partial charge >= 0.3 is 0 Å². The Kier molecular flexibility index (Phi) is 5.67. The predicted octanol–water partition coefficient (Wildman–Crippen LogP) is 2.70. The van der Waals surface area contributed by atoms with Crippen molar-refractivity contribution in [3.8, 4) is 0 Å². The summed E-state index contributed by atoms with van der Waals surface area (Å²) < 4.78 is 27.7. The Balaban J connectivity index is 1.47. The van der Waals surface area contributed by atoms with Gasteiger partial charge in [-0.3, -0.25) is 9.69 Å². The molecule has 3 aromatic rings. The van der Waals surface area contributed by atoms with Crippen molar-refractivity contribution in [2.45, 2.75) is 25.3 Å². The number of H-pyrrole nitrogens is 1. The average Bonchev–Trinajstić information content (AvgIpc) is 2.71. The molecule has 7 nitrogen and oxygen atoms in total. The second kappa shape index (κ2) is 8.11. The second-order valence-electron chi connectivity index (χ2n) is 7.62. The Labute approximate surface area is 180 Å². The van der Waals surface area contributed by atoms with Crippen LogP contribution >= 0.6 is 11.6 Å². The van der Waals surface area contributed by atoms with E-state index in [-0.39, 0.29) is 5.56 Å². The lowest BCUT2D eigenvalue weighted by Gasteiger charge is -2.34. The van der Waals surface area contributed by atoms with Gasteiger partial charge in [-0.05, 0) is 49.2 Å². The van der Waals surface area contributed by atoms with E-state index in [4.69, 9.17) is 11.6 Å². The monoisotopic (exact) mass is 446 g/mol. The number of aryl methyl sites for hydroxylation is 2. The van der Waals surface area contributed by atoms with E-state index in [9.17, 15) is 13.2 Å². The van der Waals surface area contributed by atoms with Crippen molar-refractivity contribution in [1.82, 2.24) is 19.2 Å². The van der Waals surface area contributed by atoms with Gasteiger partial charge < -0.3 is 4.98 Å². The van der Waals surface area contributed by atoms with Crippen LogP contribution in [0.1, 0.15) is 17.0 Å². The fourth-order valence-electron chi connectivity index (χ4n) is 3.70. The van der Waals surface area contributed by atoms with Crippen LogP contribution in [0.25, 0.3) is 10.9 Å². The number of piperazine rings is 1. The lowest BCUT2D eigenvalue weighted by molar-refractivity contribution is 0.178. The number of hydrogen-bond donors (Lipinski definition) is 1. The molecule has 1 aliphatic heterocycles. The summed E-state index contributed by atoms with van der Waals surface area (Å²) in [7, 11) is -3.53. The zero-order valence-corrected chi connectivity index (χ0v) is 18.4. The highest BCUT2D eigenvalue weighted by atomic mass is 35.5. The van der Waals surface area contributed by atoms with Crippen LogP contribution in [0.15, 0.2) is 46.1 Å². The first-order valence-electron chi connectivity index (χ1n) is 9.72. The van der Waals surface area contributed by atoms with E-state index in [0.29, 0.717) is 59.4 Å². The highest BCUT2D eigenvalue weighted by Gasteiger charge is 2.29. The molecule has 9 heteroatoms. The van der Waals surface area contributed by atoms with Gasteiger partial charge in [-0.1, -0.05) is 23.7 Å². The van der Waals surface area contributed by atoms with Gasteiger partial charge in [0.2, 0.25) is 10.0 Å². The maximum atomic E-state index is 13.1. The number of fused-ring (bicyclic) bond motifs is 1. The summed E-state index contributed by atoms with van der Waals surface area (Å²) in [6, 6.07) is 10.5. The van der Waals surface area contributed by atoms with E-state index in [1.54, 1.807) is 24.3 Å². The van der Waals surface area contributed by atoms with Crippen molar-refractivity contribution in [3.05, 3.63) is 68.7 Å². The number of nitrogens with zero attached hydrogens (tertiary/aromatic N) is 3. The molecule has 1 aromatic heterocycles. The summed E-state index contributed by atoms with van der Waals surface area (Å²) in [6.45, 7) is 6.07. The summed E-state index contributed by atoms with van der Waals surface area (Å²) in [5, 5.41) is 0.944. The molecule has 2 heterocycles. The number of nitrogens with one attached hydrogen (secondary N) is 1. The minimum atomic E-state index is -3.53. The van der Waals surface area contributed by atoms with Gasteiger partial charge in [0.15, 0.2) is 0 Å². The van der Waals surface area contributed by atoms with Gasteiger partial charge in [0.25, 0.3) is 5.56 Å². The first kappa shape index (κ1) is 21.0. The van der Waals surface area contributed by atoms with Crippen molar-refractivity contribution < 1.29 is 8.42 Å². The summed E-state index contributed by atoms with van der Waals surface area (Å²) in [5.74, 6) is 0.556. The lowest BCUT2D eigenvalue weighted by Crippen LogP contribution is -2.48. The van der Waals surface area contributed by atoms with Crippen molar-refractivity contribution in [2.24, 2.45) is 0 Å². The van der Waals surface area contributed by atoms with E-state index in [0.717, 1.165) is 11.1 Å². The molecule has 1 saturated heterocycles. The summed E-state index contributed by atoms with van der Waals surface area (Å²) >= 11 is 5.96. The number of hydrogen-bond acceptors (Lipinski definition) is 5. The predicted molar refractivity (Wildman–Crippen MR) is 117 cm³/mol. The third kappa shape index (κ3) is 4.13. The average molecular weight is 447 g/mol. The molecular weight excluding hydrogens is 424 g/mol. The SMILES string of the molecule is Cc1ccc(C)c(S(=O)(=O)N2CCN(Cc3nc4ccc(Cl)cc4c(=O)[nH]3)CC2)c1. The molecule has 2 aromatic carbocycles. The number of sulfonamides is 1. The molecule has 0 saturated carbocycles. The molecule has 0 radical (unpaired) electrons. The maximum absolute atomic E-state index is 13.1. The van der Waals surface area contributed by atoms with Gasteiger partial charge in [0.1, 0.15) is 5.82 Å². The first-order valence-corrected chi connectivity index (χ1v) is 11.5. The number of benzene rings is 2. The van der Waals surface area contributed by atoms with Crippen molar-refractivity contribution in [2.75, 3.05) is 26.2 Å². The Morgan fingerprint density at radius 3 is 2.53 bits per heavy atom. The molecule has 1 N–H and O–H groups in total. The van der Waals surface area contributed by atoms with E-state index >= 15 is 0 Å². The van der Waals surface area contributed by atoms with Crippen LogP contribution in [0.5, 0.6) is 0 Å². The highest BCUT2D eigenvalue weighted by molar-refractivity contribution is 7.89. The third-order valence-electron chi connectivity index (χ3n) is 5.38. The molecule has 0 bridgehead atoms. The van der Waals surface area contributed by atoms with Crippen molar-refractivity contribution >= 4 is 32.5 Å². The molecule has 30 heavy (non-hydrogen) atoms. The number of rotatable bonds is 4. The molecule has 4 rings (SSSR count). The topological polar surface area (TPSA) is 86.4 Å². The number of aromatic amines is 1. The van der Waals surface area contributed by atoms with Crippen LogP contribution in [-0.4, -0.2) is 53.8 Å². The quantitative estimate of drug-likeness (QED) is 0.665. The first-order chi connectivity index (χ1) is 14.2. The van der Waals surface area contributed by atoms with Crippen LogP contribution in [0.2, 0.25) is 5.02 Å². The molecule has 1 fully saturated rings. The van der Waals surface area contributed by atoms with Crippen LogP contribution in [-0.2, 0) is 16.6 Å². The summed E-state index contributed by atoms with van der Waals surface area (Å²) in [6.07, 6.45) is 0. The van der Waals surface area contributed by atoms with Crippen molar-refractivity contribution in [1.29, 1.82) is 0 Å². The third-order valence-corrected chi connectivity index (χ3v) is 7.66. The zero-order valence-electron chi connectivity index (χ0n) is 16.9. The largest absolute Gasteiger partial charge is 0.309 e. The van der Waals surface area contributed by atoms with Gasteiger partial charge in [0, 0.05) is 31.2 Å². The van der Waals surface area contributed by atoms with E-state index < -0.39 is 10.0 Å². The molecule has 0 atom stereocenters. The minimum absolute atomic E-state index is 0.228. The Morgan fingerprint density at radius 1 is 1.07 bits per heavy atom. The second-order valence-corrected chi connectivity index (χ2v) is 9.97. The van der Waals surface area contributed by atoms with E-state index in [1.807, 2.05) is 26.0 Å². The van der Waals surface area contributed by atoms with Crippen molar-refractivity contribution in [3.63, 3.8) is 0 Å². The fourth-order valence-corrected chi connectivity index (χ4v) is 5.60. The molecule has 158 valence electrons. The van der Waals surface area contributed by atoms with E-state index in [1.165, 1.54) is 4.31 Å². The Bertz CT molecular complexity index is 1260. The molecule has 0 unspecified atom stereocenters. The van der Waals surface area contributed by atoms with Crippen LogP contribution in [0.3, 0.4) is 0 Å². The fraction of sp³-hybridized carbons (Fsp3) is 0.333. The van der Waals surface area contributed by atoms with E-state index in [2.05, 4.69) is 14.9 Å². The lowest BCUT2D eigenvalue weighted by atomic mass is 10.2. The van der Waals surface area contributed by atoms with Gasteiger partial charge in [-0.15, -0.1) is 0 Å². The number of halogens is 1. The van der Waals surface area contributed by atoms with Gasteiger partial charge in [-0.25, -0.2) is 13.4 Å². The highest BCUT2D eigenvalue weighted by Crippen LogP contribution is 2.23. The minimum Gasteiger partial charge on any atom is -0.309 e. The normalized spacial score (nSPS) is 16.2. The number of aromatic nitrogens is 2. The van der Waals surface area contributed by atoms with Gasteiger partial charge in [-0.2, -0.15) is 4.31 Å². The summed E-state index contributed by atoms with van der Waals surface area (Å²) in [5.41, 5.74) is 2.04. The maximum Gasteiger partial charge on any atom is 0.258 e. The van der Waals surface area contributed by atoms with Crippen LogP contribution in [0, 0.1) is 13.8 Å².